The Balaban J connectivity index is 2.36. The van der Waals surface area contributed by atoms with E-state index in [0.717, 1.165) is 25.9 Å². The predicted octanol–water partition coefficient (Wildman–Crippen LogP) is 1.28. The van der Waals surface area contributed by atoms with Crippen LogP contribution in [-0.2, 0) is 13.5 Å². The molecular formula is C13H26N4. The van der Waals surface area contributed by atoms with E-state index in [1.165, 1.54) is 12.2 Å². The summed E-state index contributed by atoms with van der Waals surface area (Å²) < 4.78 is 2.11. The lowest BCUT2D eigenvalue weighted by Crippen LogP contribution is -2.32. The molecule has 0 amide bonds. The first kappa shape index (κ1) is 14.2. The van der Waals surface area contributed by atoms with E-state index in [4.69, 9.17) is 0 Å². The van der Waals surface area contributed by atoms with Crippen molar-refractivity contribution in [1.29, 1.82) is 0 Å². The highest BCUT2D eigenvalue weighted by atomic mass is 15.1. The third-order valence-corrected chi connectivity index (χ3v) is 3.05. The van der Waals surface area contributed by atoms with Gasteiger partial charge in [-0.25, -0.2) is 4.98 Å². The number of aryl methyl sites for hydroxylation is 2. The quantitative estimate of drug-likeness (QED) is 0.741. The van der Waals surface area contributed by atoms with Gasteiger partial charge in [0.05, 0.1) is 0 Å². The molecule has 1 atom stereocenters. The number of hydrogen-bond donors (Lipinski definition) is 1. The van der Waals surface area contributed by atoms with Gasteiger partial charge in [-0.2, -0.15) is 0 Å². The fourth-order valence-electron chi connectivity index (χ4n) is 1.99. The van der Waals surface area contributed by atoms with Crippen molar-refractivity contribution in [2.24, 2.45) is 7.05 Å². The number of nitrogens with one attached hydrogen (secondary N) is 1. The van der Waals surface area contributed by atoms with E-state index in [-0.39, 0.29) is 0 Å². The van der Waals surface area contributed by atoms with Crippen LogP contribution in [0.25, 0.3) is 0 Å². The Hall–Kier alpha value is -0.870. The Labute approximate surface area is 105 Å². The Morgan fingerprint density at radius 1 is 1.41 bits per heavy atom. The molecule has 1 unspecified atom stereocenters. The molecule has 0 aliphatic heterocycles. The van der Waals surface area contributed by atoms with Gasteiger partial charge in [0, 0.05) is 31.9 Å². The Morgan fingerprint density at radius 2 is 2.18 bits per heavy atom. The van der Waals surface area contributed by atoms with Crippen molar-refractivity contribution in [2.45, 2.75) is 32.2 Å². The van der Waals surface area contributed by atoms with E-state index in [0.29, 0.717) is 6.04 Å². The minimum atomic E-state index is 0.596. The van der Waals surface area contributed by atoms with Gasteiger partial charge in [0.25, 0.3) is 0 Å². The first-order valence-electron chi connectivity index (χ1n) is 6.47. The van der Waals surface area contributed by atoms with Gasteiger partial charge in [-0.05, 0) is 40.0 Å². The van der Waals surface area contributed by atoms with Gasteiger partial charge >= 0.3 is 0 Å². The van der Waals surface area contributed by atoms with E-state index in [2.05, 4.69) is 47.8 Å². The second kappa shape index (κ2) is 7.45. The van der Waals surface area contributed by atoms with Crippen LogP contribution in [0, 0.1) is 0 Å². The number of aromatic nitrogens is 2. The van der Waals surface area contributed by atoms with Crippen LogP contribution in [0.15, 0.2) is 12.4 Å². The van der Waals surface area contributed by atoms with Crippen LogP contribution in [0.4, 0.5) is 0 Å². The van der Waals surface area contributed by atoms with Gasteiger partial charge in [-0.15, -0.1) is 0 Å². The van der Waals surface area contributed by atoms with Crippen molar-refractivity contribution in [3.63, 3.8) is 0 Å². The zero-order valence-electron chi connectivity index (χ0n) is 11.6. The standard InChI is InChI=1S/C13H26N4/c1-5-14-12(8-10-16(2)3)6-7-13-15-9-11-17(13)4/h9,11-12,14H,5-8,10H2,1-4H3. The normalized spacial score (nSPS) is 13.2. The molecule has 0 aromatic carbocycles. The van der Waals surface area contributed by atoms with Crippen molar-refractivity contribution in [1.82, 2.24) is 19.8 Å². The molecule has 1 N–H and O–H groups in total. The molecule has 0 aliphatic carbocycles. The molecule has 0 spiro atoms. The summed E-state index contributed by atoms with van der Waals surface area (Å²) in [6, 6.07) is 0.596. The monoisotopic (exact) mass is 238 g/mol. The summed E-state index contributed by atoms with van der Waals surface area (Å²) in [6.45, 7) is 4.35. The first-order chi connectivity index (χ1) is 8.13. The molecule has 17 heavy (non-hydrogen) atoms. The zero-order chi connectivity index (χ0) is 12.7. The van der Waals surface area contributed by atoms with Crippen molar-refractivity contribution >= 4 is 0 Å². The Morgan fingerprint density at radius 3 is 2.71 bits per heavy atom. The Bertz CT molecular complexity index is 306. The van der Waals surface area contributed by atoms with E-state index < -0.39 is 0 Å². The Kier molecular flexibility index (Phi) is 6.22. The number of hydrogen-bond acceptors (Lipinski definition) is 3. The topological polar surface area (TPSA) is 33.1 Å². The zero-order valence-corrected chi connectivity index (χ0v) is 11.6. The number of imidazole rings is 1. The van der Waals surface area contributed by atoms with Crippen molar-refractivity contribution in [2.75, 3.05) is 27.2 Å². The molecule has 1 heterocycles. The fourth-order valence-corrected chi connectivity index (χ4v) is 1.99. The third kappa shape index (κ3) is 5.33. The smallest absolute Gasteiger partial charge is 0.108 e. The van der Waals surface area contributed by atoms with Crippen LogP contribution in [-0.4, -0.2) is 47.7 Å². The molecule has 1 aromatic rings. The van der Waals surface area contributed by atoms with Gasteiger partial charge in [-0.1, -0.05) is 6.92 Å². The predicted molar refractivity (Wildman–Crippen MR) is 72.2 cm³/mol. The second-order valence-corrected chi connectivity index (χ2v) is 4.84. The summed E-state index contributed by atoms with van der Waals surface area (Å²) in [4.78, 5) is 6.61. The molecular weight excluding hydrogens is 212 g/mol. The van der Waals surface area contributed by atoms with Crippen molar-refractivity contribution in [3.8, 4) is 0 Å². The lowest BCUT2D eigenvalue weighted by atomic mass is 10.1. The third-order valence-electron chi connectivity index (χ3n) is 3.05. The SMILES string of the molecule is CCNC(CCc1nccn1C)CCN(C)C. The average Bonchev–Trinajstić information content (AvgIpc) is 2.68. The molecule has 4 heteroatoms. The summed E-state index contributed by atoms with van der Waals surface area (Å²) >= 11 is 0. The first-order valence-corrected chi connectivity index (χ1v) is 6.47. The van der Waals surface area contributed by atoms with Gasteiger partial charge in [-0.3, -0.25) is 0 Å². The number of nitrogens with zero attached hydrogens (tertiary/aromatic N) is 3. The lowest BCUT2D eigenvalue weighted by molar-refractivity contribution is 0.350. The minimum absolute atomic E-state index is 0.596. The van der Waals surface area contributed by atoms with E-state index in [1.807, 2.05) is 12.4 Å². The second-order valence-electron chi connectivity index (χ2n) is 4.84. The maximum atomic E-state index is 4.37. The molecule has 1 rings (SSSR count). The van der Waals surface area contributed by atoms with Gasteiger partial charge in [0.1, 0.15) is 5.82 Å². The minimum Gasteiger partial charge on any atom is -0.338 e. The maximum absolute atomic E-state index is 4.37. The molecule has 0 aliphatic rings. The molecule has 0 fully saturated rings. The highest BCUT2D eigenvalue weighted by molar-refractivity contribution is 4.92. The molecule has 98 valence electrons. The maximum Gasteiger partial charge on any atom is 0.108 e. The number of rotatable bonds is 8. The van der Waals surface area contributed by atoms with E-state index >= 15 is 0 Å². The van der Waals surface area contributed by atoms with Crippen LogP contribution in [0.3, 0.4) is 0 Å². The highest BCUT2D eigenvalue weighted by Crippen LogP contribution is 2.05. The van der Waals surface area contributed by atoms with Gasteiger partial charge in [0.15, 0.2) is 0 Å². The van der Waals surface area contributed by atoms with Gasteiger partial charge < -0.3 is 14.8 Å². The van der Waals surface area contributed by atoms with Crippen LogP contribution in [0.1, 0.15) is 25.6 Å². The van der Waals surface area contributed by atoms with Crippen molar-refractivity contribution < 1.29 is 0 Å². The molecule has 0 radical (unpaired) electrons. The average molecular weight is 238 g/mol. The van der Waals surface area contributed by atoms with E-state index in [1.54, 1.807) is 0 Å². The summed E-state index contributed by atoms with van der Waals surface area (Å²) in [5, 5.41) is 3.56. The summed E-state index contributed by atoms with van der Waals surface area (Å²) in [5.41, 5.74) is 0. The summed E-state index contributed by atoms with van der Waals surface area (Å²) in [5.74, 6) is 1.18. The molecule has 0 saturated heterocycles. The van der Waals surface area contributed by atoms with Crippen molar-refractivity contribution in [3.05, 3.63) is 18.2 Å². The lowest BCUT2D eigenvalue weighted by Gasteiger charge is -2.20. The van der Waals surface area contributed by atoms with E-state index in [9.17, 15) is 0 Å². The van der Waals surface area contributed by atoms with Crippen LogP contribution < -0.4 is 5.32 Å². The molecule has 4 nitrogen and oxygen atoms in total. The highest BCUT2D eigenvalue weighted by Gasteiger charge is 2.09. The van der Waals surface area contributed by atoms with Crippen LogP contribution in [0.5, 0.6) is 0 Å². The van der Waals surface area contributed by atoms with Crippen LogP contribution in [0.2, 0.25) is 0 Å². The van der Waals surface area contributed by atoms with Crippen LogP contribution >= 0.6 is 0 Å². The molecule has 1 aromatic heterocycles. The fraction of sp³-hybridized carbons (Fsp3) is 0.769. The summed E-state index contributed by atoms with van der Waals surface area (Å²) in [6.07, 6.45) is 7.29. The molecule has 0 saturated carbocycles. The van der Waals surface area contributed by atoms with Gasteiger partial charge in [0.2, 0.25) is 0 Å². The molecule has 0 bridgehead atoms. The summed E-state index contributed by atoms with van der Waals surface area (Å²) in [7, 11) is 6.31. The largest absolute Gasteiger partial charge is 0.338 e.